The van der Waals surface area contributed by atoms with E-state index in [0.717, 1.165) is 12.8 Å². The Labute approximate surface area is 87.0 Å². The molecule has 0 saturated carbocycles. The van der Waals surface area contributed by atoms with Crippen LogP contribution in [0.5, 0.6) is 0 Å². The maximum atomic E-state index is 8.97. The molecule has 0 aromatic carbocycles. The van der Waals surface area contributed by atoms with Gasteiger partial charge < -0.3 is 10.2 Å². The van der Waals surface area contributed by atoms with Crippen LogP contribution in [0.1, 0.15) is 39.0 Å². The van der Waals surface area contributed by atoms with Gasteiger partial charge in [-0.1, -0.05) is 44.1 Å². The first-order valence-electron chi connectivity index (χ1n) is 5.41. The second kappa shape index (κ2) is 10.5. The number of rotatable bonds is 8. The fourth-order valence-corrected chi connectivity index (χ4v) is 1.10. The van der Waals surface area contributed by atoms with Crippen LogP contribution in [0.25, 0.3) is 0 Å². The lowest BCUT2D eigenvalue weighted by atomic mass is 10.2. The number of unbranched alkanes of at least 4 members (excludes halogenated alkanes) is 3. The summed E-state index contributed by atoms with van der Waals surface area (Å²) in [5, 5.41) is 17.5. The van der Waals surface area contributed by atoms with E-state index >= 15 is 0 Å². The Morgan fingerprint density at radius 1 is 1.14 bits per heavy atom. The fraction of sp³-hybridized carbons (Fsp3) is 0.667. The zero-order valence-corrected chi connectivity index (χ0v) is 9.02. The molecule has 2 nitrogen and oxygen atoms in total. The summed E-state index contributed by atoms with van der Waals surface area (Å²) in [4.78, 5) is 0. The Kier molecular flexibility index (Phi) is 10.0. The van der Waals surface area contributed by atoms with Gasteiger partial charge in [-0.25, -0.2) is 0 Å². The third-order valence-electron chi connectivity index (χ3n) is 1.96. The standard InChI is InChI=1S/C12H22O2/c1-2-3-4-5-6-7-8-9-10-12(14)11-13/h6-7,9-10,12-14H,2-5,8,11H2,1H3/b7-6-,10-9-/t12-/m0/s1. The first kappa shape index (κ1) is 13.4. The molecule has 0 unspecified atom stereocenters. The summed E-state index contributed by atoms with van der Waals surface area (Å²) in [7, 11) is 0. The van der Waals surface area contributed by atoms with E-state index in [1.807, 2.05) is 6.08 Å². The van der Waals surface area contributed by atoms with Gasteiger partial charge in [0.2, 0.25) is 0 Å². The molecule has 0 fully saturated rings. The maximum Gasteiger partial charge on any atom is 0.0951 e. The van der Waals surface area contributed by atoms with Crippen molar-refractivity contribution < 1.29 is 10.2 Å². The van der Waals surface area contributed by atoms with Crippen LogP contribution in [-0.4, -0.2) is 22.9 Å². The van der Waals surface area contributed by atoms with E-state index in [1.54, 1.807) is 6.08 Å². The van der Waals surface area contributed by atoms with Crippen molar-refractivity contribution in [2.75, 3.05) is 6.61 Å². The molecule has 0 amide bonds. The molecule has 0 rings (SSSR count). The molecule has 82 valence electrons. The van der Waals surface area contributed by atoms with Gasteiger partial charge in [0.15, 0.2) is 0 Å². The van der Waals surface area contributed by atoms with E-state index in [4.69, 9.17) is 10.2 Å². The van der Waals surface area contributed by atoms with Crippen LogP contribution in [0.4, 0.5) is 0 Å². The van der Waals surface area contributed by atoms with Gasteiger partial charge >= 0.3 is 0 Å². The zero-order chi connectivity index (χ0) is 10.6. The van der Waals surface area contributed by atoms with Crippen LogP contribution < -0.4 is 0 Å². The molecule has 0 aliphatic carbocycles. The molecule has 2 heteroatoms. The van der Waals surface area contributed by atoms with Crippen molar-refractivity contribution in [3.63, 3.8) is 0 Å². The number of hydrogen-bond donors (Lipinski definition) is 2. The van der Waals surface area contributed by atoms with Crippen LogP contribution >= 0.6 is 0 Å². The molecular formula is C12H22O2. The second-order valence-corrected chi connectivity index (χ2v) is 3.38. The Balaban J connectivity index is 3.30. The van der Waals surface area contributed by atoms with Crippen molar-refractivity contribution in [3.05, 3.63) is 24.3 Å². The largest absolute Gasteiger partial charge is 0.393 e. The average molecular weight is 198 g/mol. The molecule has 0 bridgehead atoms. The molecule has 0 aliphatic heterocycles. The minimum absolute atomic E-state index is 0.198. The monoisotopic (exact) mass is 198 g/mol. The van der Waals surface area contributed by atoms with Crippen molar-refractivity contribution in [1.29, 1.82) is 0 Å². The number of hydrogen-bond acceptors (Lipinski definition) is 2. The Morgan fingerprint density at radius 3 is 2.57 bits per heavy atom. The number of aliphatic hydroxyl groups is 2. The highest BCUT2D eigenvalue weighted by molar-refractivity contribution is 4.95. The molecule has 2 N–H and O–H groups in total. The minimum Gasteiger partial charge on any atom is -0.393 e. The van der Waals surface area contributed by atoms with E-state index in [-0.39, 0.29) is 6.61 Å². The second-order valence-electron chi connectivity index (χ2n) is 3.38. The summed E-state index contributed by atoms with van der Waals surface area (Å²) in [6.07, 6.45) is 12.8. The van der Waals surface area contributed by atoms with E-state index in [0.29, 0.717) is 0 Å². The summed E-state index contributed by atoms with van der Waals surface area (Å²) in [6.45, 7) is 2.00. The van der Waals surface area contributed by atoms with Gasteiger partial charge in [0.1, 0.15) is 0 Å². The molecule has 0 saturated heterocycles. The number of allylic oxidation sites excluding steroid dienone is 3. The summed E-state index contributed by atoms with van der Waals surface area (Å²) < 4.78 is 0. The van der Waals surface area contributed by atoms with Crippen LogP contribution in [-0.2, 0) is 0 Å². The highest BCUT2D eigenvalue weighted by Gasteiger charge is 1.91. The van der Waals surface area contributed by atoms with E-state index in [9.17, 15) is 0 Å². The van der Waals surface area contributed by atoms with Crippen molar-refractivity contribution >= 4 is 0 Å². The lowest BCUT2D eigenvalue weighted by Crippen LogP contribution is -2.06. The average Bonchev–Trinajstić information content (AvgIpc) is 2.21. The molecule has 0 aliphatic rings. The Bertz CT molecular complexity index is 162. The molecule has 0 aromatic heterocycles. The fourth-order valence-electron chi connectivity index (χ4n) is 1.10. The van der Waals surface area contributed by atoms with E-state index in [2.05, 4.69) is 19.1 Å². The van der Waals surface area contributed by atoms with Gasteiger partial charge in [-0.05, 0) is 19.3 Å². The topological polar surface area (TPSA) is 40.5 Å². The van der Waals surface area contributed by atoms with Crippen molar-refractivity contribution in [1.82, 2.24) is 0 Å². The quantitative estimate of drug-likeness (QED) is 0.464. The van der Waals surface area contributed by atoms with E-state index in [1.165, 1.54) is 19.3 Å². The van der Waals surface area contributed by atoms with Gasteiger partial charge in [-0.3, -0.25) is 0 Å². The van der Waals surface area contributed by atoms with Gasteiger partial charge in [0.25, 0.3) is 0 Å². The molecule has 1 atom stereocenters. The van der Waals surface area contributed by atoms with Crippen LogP contribution in [0.15, 0.2) is 24.3 Å². The third-order valence-corrected chi connectivity index (χ3v) is 1.96. The molecule has 14 heavy (non-hydrogen) atoms. The summed E-state index contributed by atoms with van der Waals surface area (Å²) in [5.74, 6) is 0. The predicted molar refractivity (Wildman–Crippen MR) is 60.1 cm³/mol. The van der Waals surface area contributed by atoms with Crippen LogP contribution in [0, 0.1) is 0 Å². The molecule has 0 radical (unpaired) electrons. The first-order valence-corrected chi connectivity index (χ1v) is 5.41. The molecule has 0 aromatic rings. The van der Waals surface area contributed by atoms with Crippen molar-refractivity contribution in [2.24, 2.45) is 0 Å². The summed E-state index contributed by atoms with van der Waals surface area (Å²) in [5.41, 5.74) is 0. The van der Waals surface area contributed by atoms with Crippen LogP contribution in [0.3, 0.4) is 0 Å². The minimum atomic E-state index is -0.705. The highest BCUT2D eigenvalue weighted by Crippen LogP contribution is 2.00. The SMILES string of the molecule is CCCCC/C=C\C/C=C\[C@H](O)CO. The Morgan fingerprint density at radius 2 is 1.93 bits per heavy atom. The predicted octanol–water partition coefficient (Wildman–Crippen LogP) is 2.42. The summed E-state index contributed by atoms with van der Waals surface area (Å²) >= 11 is 0. The Hall–Kier alpha value is -0.600. The molecule has 0 spiro atoms. The normalized spacial score (nSPS) is 14.2. The lowest BCUT2D eigenvalue weighted by Gasteiger charge is -1.96. The molecule has 0 heterocycles. The maximum absolute atomic E-state index is 8.97. The summed E-state index contributed by atoms with van der Waals surface area (Å²) in [6, 6.07) is 0. The highest BCUT2D eigenvalue weighted by atomic mass is 16.3. The van der Waals surface area contributed by atoms with Crippen LogP contribution in [0.2, 0.25) is 0 Å². The van der Waals surface area contributed by atoms with Gasteiger partial charge in [0.05, 0.1) is 12.7 Å². The van der Waals surface area contributed by atoms with Gasteiger partial charge in [-0.2, -0.15) is 0 Å². The lowest BCUT2D eigenvalue weighted by molar-refractivity contribution is 0.131. The molecular weight excluding hydrogens is 176 g/mol. The zero-order valence-electron chi connectivity index (χ0n) is 9.02. The third kappa shape index (κ3) is 9.49. The van der Waals surface area contributed by atoms with Gasteiger partial charge in [-0.15, -0.1) is 0 Å². The van der Waals surface area contributed by atoms with Gasteiger partial charge in [0, 0.05) is 0 Å². The smallest absolute Gasteiger partial charge is 0.0951 e. The van der Waals surface area contributed by atoms with E-state index < -0.39 is 6.10 Å². The first-order chi connectivity index (χ1) is 6.81. The number of aliphatic hydroxyl groups excluding tert-OH is 2. The van der Waals surface area contributed by atoms with Crippen molar-refractivity contribution in [2.45, 2.75) is 45.1 Å². The van der Waals surface area contributed by atoms with Crippen molar-refractivity contribution in [3.8, 4) is 0 Å².